The molecule has 0 atom stereocenters. The van der Waals surface area contributed by atoms with E-state index >= 15 is 0 Å². The van der Waals surface area contributed by atoms with E-state index in [-0.39, 0.29) is 22.9 Å². The molecule has 0 radical (unpaired) electrons. The van der Waals surface area contributed by atoms with E-state index in [0.717, 1.165) is 42.6 Å². The first-order chi connectivity index (χ1) is 14.8. The normalized spacial score (nSPS) is 19.1. The van der Waals surface area contributed by atoms with Crippen LogP contribution in [0.3, 0.4) is 0 Å². The lowest BCUT2D eigenvalue weighted by molar-refractivity contribution is -0.132. The zero-order valence-electron chi connectivity index (χ0n) is 17.0. The summed E-state index contributed by atoms with van der Waals surface area (Å²) in [5, 5.41) is 11.5. The lowest BCUT2D eigenvalue weighted by atomic mass is 9.93. The van der Waals surface area contributed by atoms with Gasteiger partial charge in [0.25, 0.3) is 11.8 Å². The van der Waals surface area contributed by atoms with Gasteiger partial charge in [-0.2, -0.15) is 0 Å². The number of carbonyl (C=O) groups is 4. The molecule has 0 unspecified atom stereocenters. The smallest absolute Gasteiger partial charge is 0.335 e. The molecule has 0 spiro atoms. The average Bonchev–Trinajstić information content (AvgIpc) is 3.20. The molecule has 1 aliphatic heterocycles. The predicted molar refractivity (Wildman–Crippen MR) is 111 cm³/mol. The Morgan fingerprint density at radius 2 is 1.87 bits per heavy atom. The lowest BCUT2D eigenvalue weighted by Gasteiger charge is -2.35. The van der Waals surface area contributed by atoms with Crippen LogP contribution in [0, 0.1) is 6.92 Å². The van der Waals surface area contributed by atoms with Gasteiger partial charge in [-0.3, -0.25) is 19.8 Å². The topological polar surface area (TPSA) is 117 Å². The van der Waals surface area contributed by atoms with Crippen molar-refractivity contribution in [1.82, 2.24) is 10.2 Å². The fourth-order valence-corrected chi connectivity index (χ4v) is 4.08. The van der Waals surface area contributed by atoms with E-state index in [2.05, 4.69) is 5.32 Å². The van der Waals surface area contributed by atoms with Gasteiger partial charge in [-0.1, -0.05) is 25.3 Å². The second-order valence-electron chi connectivity index (χ2n) is 7.82. The molecule has 4 amide bonds. The maximum Gasteiger partial charge on any atom is 0.335 e. The Morgan fingerprint density at radius 1 is 1.13 bits per heavy atom. The standard InChI is InChI=1S/C23H22N2O6/c1-13-7-8-14(22(28)29)11-17(13)19-10-9-16(31-19)12-18-20(26)24-23(30)25(21(18)27)15-5-3-2-4-6-15/h7-12,15H,2-6H2,1H3,(H,28,29)(H,24,26,30). The molecule has 1 aliphatic carbocycles. The molecular formula is C23H22N2O6. The number of nitrogens with one attached hydrogen (secondary N) is 1. The summed E-state index contributed by atoms with van der Waals surface area (Å²) >= 11 is 0. The second-order valence-corrected chi connectivity index (χ2v) is 7.82. The van der Waals surface area contributed by atoms with Gasteiger partial charge in [-0.15, -0.1) is 0 Å². The van der Waals surface area contributed by atoms with E-state index in [0.29, 0.717) is 11.3 Å². The van der Waals surface area contributed by atoms with Crippen LogP contribution in [0.15, 0.2) is 40.3 Å². The van der Waals surface area contributed by atoms with E-state index in [1.807, 2.05) is 6.92 Å². The number of aromatic carboxylic acids is 1. The van der Waals surface area contributed by atoms with Crippen LogP contribution in [-0.4, -0.2) is 39.9 Å². The Kier molecular flexibility index (Phi) is 5.46. The molecule has 2 aliphatic rings. The Morgan fingerprint density at radius 3 is 2.58 bits per heavy atom. The minimum Gasteiger partial charge on any atom is -0.478 e. The van der Waals surface area contributed by atoms with Crippen molar-refractivity contribution < 1.29 is 28.7 Å². The monoisotopic (exact) mass is 422 g/mol. The molecule has 1 aromatic carbocycles. The number of hydrogen-bond donors (Lipinski definition) is 2. The number of aryl methyl sites for hydroxylation is 1. The maximum atomic E-state index is 13.0. The van der Waals surface area contributed by atoms with Gasteiger partial charge < -0.3 is 9.52 Å². The average molecular weight is 422 g/mol. The summed E-state index contributed by atoms with van der Waals surface area (Å²) < 4.78 is 5.79. The van der Waals surface area contributed by atoms with Crippen LogP contribution < -0.4 is 5.32 Å². The molecule has 2 fully saturated rings. The summed E-state index contributed by atoms with van der Waals surface area (Å²) in [4.78, 5) is 50.0. The van der Waals surface area contributed by atoms with E-state index in [9.17, 15) is 24.3 Å². The lowest BCUT2D eigenvalue weighted by Crippen LogP contribution is -2.58. The Balaban J connectivity index is 1.64. The van der Waals surface area contributed by atoms with Crippen LogP contribution in [-0.2, 0) is 9.59 Å². The minimum atomic E-state index is -1.05. The van der Waals surface area contributed by atoms with E-state index in [1.165, 1.54) is 18.2 Å². The highest BCUT2D eigenvalue weighted by atomic mass is 16.4. The molecular weight excluding hydrogens is 400 g/mol. The quantitative estimate of drug-likeness (QED) is 0.573. The van der Waals surface area contributed by atoms with Crippen molar-refractivity contribution in [3.05, 3.63) is 52.8 Å². The third-order valence-electron chi connectivity index (χ3n) is 5.74. The number of nitrogens with zero attached hydrogens (tertiary/aromatic N) is 1. The molecule has 4 rings (SSSR count). The van der Waals surface area contributed by atoms with Crippen molar-refractivity contribution in [2.45, 2.75) is 45.1 Å². The van der Waals surface area contributed by atoms with Gasteiger partial charge in [0.1, 0.15) is 17.1 Å². The SMILES string of the molecule is Cc1ccc(C(=O)O)cc1-c1ccc(C=C2C(=O)NC(=O)N(C3CCCCC3)C2=O)o1. The number of carbonyl (C=O) groups excluding carboxylic acids is 3. The van der Waals surface area contributed by atoms with Gasteiger partial charge in [0.2, 0.25) is 0 Å². The van der Waals surface area contributed by atoms with Crippen molar-refractivity contribution in [3.8, 4) is 11.3 Å². The highest BCUT2D eigenvalue weighted by Gasteiger charge is 2.40. The molecule has 31 heavy (non-hydrogen) atoms. The molecule has 2 N–H and O–H groups in total. The molecule has 8 nitrogen and oxygen atoms in total. The van der Waals surface area contributed by atoms with Crippen LogP contribution in [0.1, 0.15) is 53.8 Å². The summed E-state index contributed by atoms with van der Waals surface area (Å²) in [5.41, 5.74) is 1.38. The molecule has 160 valence electrons. The maximum absolute atomic E-state index is 13.0. The Bertz CT molecular complexity index is 1110. The molecule has 2 aromatic rings. The van der Waals surface area contributed by atoms with E-state index in [1.54, 1.807) is 18.2 Å². The number of hydrogen-bond acceptors (Lipinski definition) is 5. The van der Waals surface area contributed by atoms with Gasteiger partial charge in [-0.25, -0.2) is 9.59 Å². The third kappa shape index (κ3) is 4.01. The Hall–Kier alpha value is -3.68. The van der Waals surface area contributed by atoms with Crippen LogP contribution in [0.25, 0.3) is 17.4 Å². The first-order valence-electron chi connectivity index (χ1n) is 10.2. The summed E-state index contributed by atoms with van der Waals surface area (Å²) in [7, 11) is 0. The van der Waals surface area contributed by atoms with E-state index in [4.69, 9.17) is 4.42 Å². The first kappa shape index (κ1) is 20.6. The van der Waals surface area contributed by atoms with Crippen LogP contribution in [0.4, 0.5) is 4.79 Å². The summed E-state index contributed by atoms with van der Waals surface area (Å²) in [5.74, 6) is -1.76. The molecule has 8 heteroatoms. The largest absolute Gasteiger partial charge is 0.478 e. The fraction of sp³-hybridized carbons (Fsp3) is 0.304. The minimum absolute atomic E-state index is 0.125. The highest BCUT2D eigenvalue weighted by molar-refractivity contribution is 6.31. The number of furan rings is 1. The van der Waals surface area contributed by atoms with Gasteiger partial charge in [0, 0.05) is 11.6 Å². The van der Waals surface area contributed by atoms with E-state index < -0.39 is 23.8 Å². The second kappa shape index (κ2) is 8.22. The van der Waals surface area contributed by atoms with Gasteiger partial charge in [-0.05, 0) is 55.7 Å². The summed E-state index contributed by atoms with van der Waals surface area (Å²) in [6.45, 7) is 1.83. The molecule has 1 aromatic heterocycles. The number of carboxylic acids is 1. The molecule has 2 heterocycles. The number of imide groups is 2. The Labute approximate surface area is 178 Å². The number of urea groups is 1. The van der Waals surface area contributed by atoms with Gasteiger partial charge in [0.15, 0.2) is 0 Å². The van der Waals surface area contributed by atoms with Crippen LogP contribution in [0.5, 0.6) is 0 Å². The zero-order chi connectivity index (χ0) is 22.1. The van der Waals surface area contributed by atoms with Crippen LogP contribution >= 0.6 is 0 Å². The first-order valence-corrected chi connectivity index (χ1v) is 10.2. The summed E-state index contributed by atoms with van der Waals surface area (Å²) in [6.07, 6.45) is 5.71. The fourth-order valence-electron chi connectivity index (χ4n) is 4.08. The predicted octanol–water partition coefficient (Wildman–Crippen LogP) is 3.75. The summed E-state index contributed by atoms with van der Waals surface area (Å²) in [6, 6.07) is 7.05. The number of amides is 4. The van der Waals surface area contributed by atoms with Gasteiger partial charge in [0.05, 0.1) is 5.56 Å². The molecule has 1 saturated carbocycles. The van der Waals surface area contributed by atoms with Crippen molar-refractivity contribution in [1.29, 1.82) is 0 Å². The van der Waals surface area contributed by atoms with Gasteiger partial charge >= 0.3 is 12.0 Å². The third-order valence-corrected chi connectivity index (χ3v) is 5.74. The van der Waals surface area contributed by atoms with Crippen molar-refractivity contribution in [2.24, 2.45) is 0 Å². The van der Waals surface area contributed by atoms with Crippen LogP contribution in [0.2, 0.25) is 0 Å². The van der Waals surface area contributed by atoms with Crippen molar-refractivity contribution in [3.63, 3.8) is 0 Å². The van der Waals surface area contributed by atoms with Crippen molar-refractivity contribution in [2.75, 3.05) is 0 Å². The molecule has 1 saturated heterocycles. The number of barbiturate groups is 1. The number of carboxylic acid groups (broad SMARTS) is 1. The molecule has 0 bridgehead atoms. The zero-order valence-corrected chi connectivity index (χ0v) is 17.0. The highest BCUT2D eigenvalue weighted by Crippen LogP contribution is 2.29. The number of rotatable bonds is 4. The van der Waals surface area contributed by atoms with Crippen molar-refractivity contribution >= 4 is 29.9 Å². The number of benzene rings is 1.